The molecule has 1 saturated heterocycles. The van der Waals surface area contributed by atoms with E-state index in [1.165, 1.54) is 58.0 Å². The SMILES string of the molecule is CCCC1CCCN(C2CCCC(O)C2)CC1. The molecule has 2 fully saturated rings. The number of rotatable bonds is 3. The van der Waals surface area contributed by atoms with E-state index in [4.69, 9.17) is 0 Å². The van der Waals surface area contributed by atoms with Crippen molar-refractivity contribution in [2.75, 3.05) is 13.1 Å². The van der Waals surface area contributed by atoms with Crippen molar-refractivity contribution in [2.45, 2.75) is 76.9 Å². The van der Waals surface area contributed by atoms with Crippen LogP contribution in [-0.2, 0) is 0 Å². The van der Waals surface area contributed by atoms with Crippen LogP contribution in [0.25, 0.3) is 0 Å². The van der Waals surface area contributed by atoms with Gasteiger partial charge in [-0.1, -0.05) is 19.8 Å². The summed E-state index contributed by atoms with van der Waals surface area (Å²) in [5.74, 6) is 0.971. The zero-order valence-corrected chi connectivity index (χ0v) is 11.4. The van der Waals surface area contributed by atoms with Gasteiger partial charge in [-0.25, -0.2) is 0 Å². The molecule has 1 N–H and O–H groups in total. The Bertz CT molecular complexity index is 219. The molecule has 1 saturated carbocycles. The summed E-state index contributed by atoms with van der Waals surface area (Å²) in [6.45, 7) is 4.86. The highest BCUT2D eigenvalue weighted by Crippen LogP contribution is 2.28. The van der Waals surface area contributed by atoms with Crippen molar-refractivity contribution in [2.24, 2.45) is 5.92 Å². The first-order valence-electron chi connectivity index (χ1n) is 7.71. The van der Waals surface area contributed by atoms with Crippen LogP contribution in [0.3, 0.4) is 0 Å². The molecular weight excluding hydrogens is 210 g/mol. The maximum atomic E-state index is 9.79. The number of nitrogens with zero attached hydrogens (tertiary/aromatic N) is 1. The van der Waals surface area contributed by atoms with Crippen LogP contribution in [0.1, 0.15) is 64.7 Å². The summed E-state index contributed by atoms with van der Waals surface area (Å²) < 4.78 is 0. The molecule has 0 amide bonds. The molecule has 1 heterocycles. The Kier molecular flexibility index (Phi) is 5.30. The highest BCUT2D eigenvalue weighted by atomic mass is 16.3. The van der Waals surface area contributed by atoms with Crippen LogP contribution in [0.4, 0.5) is 0 Å². The molecule has 1 aliphatic carbocycles. The first-order chi connectivity index (χ1) is 8.29. The van der Waals surface area contributed by atoms with Crippen LogP contribution >= 0.6 is 0 Å². The number of likely N-dealkylation sites (tertiary alicyclic amines) is 1. The summed E-state index contributed by atoms with van der Waals surface area (Å²) in [7, 11) is 0. The lowest BCUT2D eigenvalue weighted by molar-refractivity contribution is 0.0627. The van der Waals surface area contributed by atoms with Crippen molar-refractivity contribution in [1.82, 2.24) is 4.90 Å². The molecule has 0 bridgehead atoms. The lowest BCUT2D eigenvalue weighted by atomic mass is 9.91. The summed E-state index contributed by atoms with van der Waals surface area (Å²) in [6.07, 6.45) is 11.5. The van der Waals surface area contributed by atoms with E-state index in [0.717, 1.165) is 18.8 Å². The van der Waals surface area contributed by atoms with E-state index in [2.05, 4.69) is 11.8 Å². The van der Waals surface area contributed by atoms with Crippen LogP contribution in [0.15, 0.2) is 0 Å². The molecule has 2 nitrogen and oxygen atoms in total. The molecule has 0 aromatic carbocycles. The fraction of sp³-hybridized carbons (Fsp3) is 1.00. The minimum atomic E-state index is -0.0246. The molecule has 0 spiro atoms. The molecule has 1 aliphatic heterocycles. The van der Waals surface area contributed by atoms with Crippen molar-refractivity contribution in [3.63, 3.8) is 0 Å². The first kappa shape index (κ1) is 13.4. The smallest absolute Gasteiger partial charge is 0.0555 e. The van der Waals surface area contributed by atoms with E-state index in [1.807, 2.05) is 0 Å². The third-order valence-corrected chi connectivity index (χ3v) is 4.71. The summed E-state index contributed by atoms with van der Waals surface area (Å²) >= 11 is 0. The molecule has 2 rings (SSSR count). The Balaban J connectivity index is 1.81. The summed E-state index contributed by atoms with van der Waals surface area (Å²) in [6, 6.07) is 0.680. The summed E-state index contributed by atoms with van der Waals surface area (Å²) in [5.41, 5.74) is 0. The maximum absolute atomic E-state index is 9.79. The van der Waals surface area contributed by atoms with Crippen molar-refractivity contribution < 1.29 is 5.11 Å². The van der Waals surface area contributed by atoms with Gasteiger partial charge in [0.2, 0.25) is 0 Å². The van der Waals surface area contributed by atoms with E-state index < -0.39 is 0 Å². The van der Waals surface area contributed by atoms with Gasteiger partial charge in [0.05, 0.1) is 6.10 Å². The molecule has 0 aromatic heterocycles. The molecule has 0 radical (unpaired) electrons. The summed E-state index contributed by atoms with van der Waals surface area (Å²) in [4.78, 5) is 2.68. The number of aliphatic hydroxyl groups excluding tert-OH is 1. The Morgan fingerprint density at radius 1 is 1.06 bits per heavy atom. The van der Waals surface area contributed by atoms with Crippen molar-refractivity contribution in [3.8, 4) is 0 Å². The molecule has 3 atom stereocenters. The average molecular weight is 239 g/mol. The van der Waals surface area contributed by atoms with E-state index in [-0.39, 0.29) is 6.10 Å². The van der Waals surface area contributed by atoms with Gasteiger partial charge in [0.1, 0.15) is 0 Å². The van der Waals surface area contributed by atoms with Gasteiger partial charge >= 0.3 is 0 Å². The number of hydrogen-bond acceptors (Lipinski definition) is 2. The van der Waals surface area contributed by atoms with Crippen molar-refractivity contribution in [1.29, 1.82) is 0 Å². The van der Waals surface area contributed by atoms with E-state index >= 15 is 0 Å². The topological polar surface area (TPSA) is 23.5 Å². The molecule has 0 aromatic rings. The monoisotopic (exact) mass is 239 g/mol. The quantitative estimate of drug-likeness (QED) is 0.817. The molecule has 3 unspecified atom stereocenters. The van der Waals surface area contributed by atoms with Gasteiger partial charge in [-0.3, -0.25) is 0 Å². The molecule has 17 heavy (non-hydrogen) atoms. The van der Waals surface area contributed by atoms with Crippen molar-refractivity contribution >= 4 is 0 Å². The molecule has 100 valence electrons. The fourth-order valence-electron chi connectivity index (χ4n) is 3.72. The normalized spacial score (nSPS) is 36.7. The third-order valence-electron chi connectivity index (χ3n) is 4.71. The minimum Gasteiger partial charge on any atom is -0.393 e. The third kappa shape index (κ3) is 3.96. The predicted molar refractivity (Wildman–Crippen MR) is 72.1 cm³/mol. The summed E-state index contributed by atoms with van der Waals surface area (Å²) in [5, 5.41) is 9.79. The van der Waals surface area contributed by atoms with Gasteiger partial charge in [0.15, 0.2) is 0 Å². The molecule has 2 heteroatoms. The van der Waals surface area contributed by atoms with Crippen molar-refractivity contribution in [3.05, 3.63) is 0 Å². The zero-order chi connectivity index (χ0) is 12.1. The second kappa shape index (κ2) is 6.75. The maximum Gasteiger partial charge on any atom is 0.0555 e. The van der Waals surface area contributed by atoms with E-state index in [9.17, 15) is 5.11 Å². The van der Waals surface area contributed by atoms with Crippen LogP contribution in [-0.4, -0.2) is 35.2 Å². The largest absolute Gasteiger partial charge is 0.393 e. The van der Waals surface area contributed by atoms with Gasteiger partial charge in [-0.2, -0.15) is 0 Å². The van der Waals surface area contributed by atoms with Gasteiger partial charge in [0.25, 0.3) is 0 Å². The first-order valence-corrected chi connectivity index (χ1v) is 7.71. The Labute approximate surface area is 106 Å². The Hall–Kier alpha value is -0.0800. The van der Waals surface area contributed by atoms with Crippen LogP contribution < -0.4 is 0 Å². The number of aliphatic hydroxyl groups is 1. The second-order valence-electron chi connectivity index (χ2n) is 6.10. The highest BCUT2D eigenvalue weighted by Gasteiger charge is 2.27. The average Bonchev–Trinajstić information content (AvgIpc) is 2.55. The second-order valence-corrected chi connectivity index (χ2v) is 6.10. The van der Waals surface area contributed by atoms with Gasteiger partial charge in [0, 0.05) is 6.04 Å². The van der Waals surface area contributed by atoms with Gasteiger partial charge < -0.3 is 10.0 Å². The predicted octanol–water partition coefficient (Wildman–Crippen LogP) is 3.19. The fourth-order valence-corrected chi connectivity index (χ4v) is 3.72. The van der Waals surface area contributed by atoms with Gasteiger partial charge in [-0.05, 0) is 64.0 Å². The van der Waals surface area contributed by atoms with Crippen LogP contribution in [0, 0.1) is 5.92 Å². The lowest BCUT2D eigenvalue weighted by Crippen LogP contribution is -2.40. The Morgan fingerprint density at radius 2 is 1.94 bits per heavy atom. The number of hydrogen-bond donors (Lipinski definition) is 1. The van der Waals surface area contributed by atoms with Gasteiger partial charge in [-0.15, -0.1) is 0 Å². The van der Waals surface area contributed by atoms with Crippen LogP contribution in [0.5, 0.6) is 0 Å². The standard InChI is InChI=1S/C15H29NO/c1-2-5-13-6-4-10-16(11-9-13)14-7-3-8-15(17)12-14/h13-15,17H,2-12H2,1H3. The zero-order valence-electron chi connectivity index (χ0n) is 11.4. The minimum absolute atomic E-state index is 0.0246. The molecule has 2 aliphatic rings. The molecular formula is C15H29NO. The van der Waals surface area contributed by atoms with E-state index in [0.29, 0.717) is 6.04 Å². The lowest BCUT2D eigenvalue weighted by Gasteiger charge is -2.35. The van der Waals surface area contributed by atoms with Crippen LogP contribution in [0.2, 0.25) is 0 Å². The van der Waals surface area contributed by atoms with E-state index in [1.54, 1.807) is 0 Å². The Morgan fingerprint density at radius 3 is 2.71 bits per heavy atom. The highest BCUT2D eigenvalue weighted by molar-refractivity contribution is 4.82.